The Balaban J connectivity index is 2.09. The maximum atomic E-state index is 12.5. The summed E-state index contributed by atoms with van der Waals surface area (Å²) in [6, 6.07) is 15.0. The van der Waals surface area contributed by atoms with Gasteiger partial charge in [-0.2, -0.15) is 0 Å². The lowest BCUT2D eigenvalue weighted by Crippen LogP contribution is -2.02. The Hall–Kier alpha value is -1.52. The lowest BCUT2D eigenvalue weighted by molar-refractivity contribution is 0.414. The number of hydrogen-bond donors (Lipinski definition) is 0. The van der Waals surface area contributed by atoms with Gasteiger partial charge in [-0.1, -0.05) is 35.9 Å². The zero-order valence-corrected chi connectivity index (χ0v) is 13.7. The van der Waals surface area contributed by atoms with Gasteiger partial charge < -0.3 is 4.74 Å². The summed E-state index contributed by atoms with van der Waals surface area (Å²) in [5, 5.41) is 0.651. The van der Waals surface area contributed by atoms with Crippen molar-refractivity contribution in [3.63, 3.8) is 0 Å². The van der Waals surface area contributed by atoms with Crippen LogP contribution in [0.25, 0.3) is 0 Å². The smallest absolute Gasteiger partial charge is 0.118 e. The van der Waals surface area contributed by atoms with Crippen LogP contribution in [0.15, 0.2) is 52.9 Å². The molecule has 112 valence electrons. The monoisotopic (exact) mass is 323 g/mol. The number of methoxy groups -OCH3 is 1. The molecule has 0 saturated carbocycles. The lowest BCUT2D eigenvalue weighted by Gasteiger charge is -2.06. The lowest BCUT2D eigenvalue weighted by atomic mass is 10.2. The molecular formula is C16H18ClNO2S. The number of nitrogens with zero attached hydrogens (tertiary/aromatic N) is 1. The number of benzene rings is 2. The molecular weight excluding hydrogens is 306 g/mol. The van der Waals surface area contributed by atoms with Crippen LogP contribution in [0.4, 0.5) is 0 Å². The number of halogens is 1. The van der Waals surface area contributed by atoms with E-state index in [1.54, 1.807) is 19.4 Å². The Morgan fingerprint density at radius 1 is 1.14 bits per heavy atom. The first-order valence-electron chi connectivity index (χ1n) is 6.51. The van der Waals surface area contributed by atoms with Gasteiger partial charge in [-0.25, -0.2) is 8.57 Å². The third kappa shape index (κ3) is 5.06. The molecule has 0 aliphatic heterocycles. The van der Waals surface area contributed by atoms with Crippen molar-refractivity contribution >= 4 is 21.3 Å². The fraction of sp³-hybridized carbons (Fsp3) is 0.250. The molecule has 1 unspecified atom stereocenters. The minimum Gasteiger partial charge on any atom is -0.497 e. The fourth-order valence-corrected chi connectivity index (χ4v) is 3.45. The minimum absolute atomic E-state index is 0.406. The Kier molecular flexibility index (Phi) is 5.26. The molecule has 0 aliphatic rings. The Morgan fingerprint density at radius 2 is 1.86 bits per heavy atom. The molecule has 0 aliphatic carbocycles. The molecule has 2 aromatic carbocycles. The summed E-state index contributed by atoms with van der Waals surface area (Å²) in [6.07, 6.45) is 1.68. The second kappa shape index (κ2) is 6.96. The first-order valence-corrected chi connectivity index (χ1v) is 8.98. The highest BCUT2D eigenvalue weighted by Gasteiger charge is 2.04. The van der Waals surface area contributed by atoms with Crippen molar-refractivity contribution in [2.24, 2.45) is 4.36 Å². The second-order valence-electron chi connectivity index (χ2n) is 4.87. The molecule has 5 heteroatoms. The van der Waals surface area contributed by atoms with Gasteiger partial charge in [0.25, 0.3) is 0 Å². The van der Waals surface area contributed by atoms with Crippen molar-refractivity contribution < 1.29 is 8.95 Å². The van der Waals surface area contributed by atoms with Crippen molar-refractivity contribution in [3.05, 3.63) is 64.7 Å². The summed E-state index contributed by atoms with van der Waals surface area (Å²) < 4.78 is 22.0. The summed E-state index contributed by atoms with van der Waals surface area (Å²) >= 11 is 5.94. The summed E-state index contributed by atoms with van der Waals surface area (Å²) in [5.41, 5.74) is 1.95. The predicted octanol–water partition coefficient (Wildman–Crippen LogP) is 4.15. The minimum atomic E-state index is -2.28. The molecule has 3 nitrogen and oxygen atoms in total. The second-order valence-corrected chi connectivity index (χ2v) is 7.77. The van der Waals surface area contributed by atoms with Gasteiger partial charge in [-0.3, -0.25) is 0 Å². The summed E-state index contributed by atoms with van der Waals surface area (Å²) in [4.78, 5) is 0. The van der Waals surface area contributed by atoms with Crippen LogP contribution in [0.1, 0.15) is 11.1 Å². The quantitative estimate of drug-likeness (QED) is 0.829. The maximum Gasteiger partial charge on any atom is 0.118 e. The van der Waals surface area contributed by atoms with Crippen LogP contribution in [0.2, 0.25) is 5.02 Å². The van der Waals surface area contributed by atoms with Crippen LogP contribution in [0, 0.1) is 0 Å². The molecule has 0 amide bonds. The van der Waals surface area contributed by atoms with Crippen molar-refractivity contribution in [2.75, 3.05) is 13.4 Å². The molecule has 0 spiro atoms. The zero-order valence-electron chi connectivity index (χ0n) is 12.1. The predicted molar refractivity (Wildman–Crippen MR) is 88.3 cm³/mol. The van der Waals surface area contributed by atoms with Gasteiger partial charge in [-0.15, -0.1) is 0 Å². The number of hydrogen-bond acceptors (Lipinski definition) is 3. The van der Waals surface area contributed by atoms with E-state index < -0.39 is 9.73 Å². The Bertz CT molecular complexity index is 719. The van der Waals surface area contributed by atoms with Crippen LogP contribution in [0.3, 0.4) is 0 Å². The van der Waals surface area contributed by atoms with Gasteiger partial charge in [-0.05, 0) is 35.4 Å². The first-order chi connectivity index (χ1) is 9.98. The topological polar surface area (TPSA) is 38.7 Å². The van der Waals surface area contributed by atoms with E-state index in [4.69, 9.17) is 16.3 Å². The van der Waals surface area contributed by atoms with Gasteiger partial charge in [0.05, 0.1) is 19.4 Å². The SMILES string of the molecule is COc1ccc(CN=S(C)(=O)Cc2cccc(Cl)c2)cc1. The molecule has 1 atom stereocenters. The van der Waals surface area contributed by atoms with E-state index in [9.17, 15) is 4.21 Å². The van der Waals surface area contributed by atoms with E-state index in [-0.39, 0.29) is 0 Å². The van der Waals surface area contributed by atoms with Crippen LogP contribution in [-0.4, -0.2) is 17.6 Å². The van der Waals surface area contributed by atoms with Crippen LogP contribution in [0.5, 0.6) is 5.75 Å². The average Bonchev–Trinajstić information content (AvgIpc) is 2.45. The van der Waals surface area contributed by atoms with Crippen molar-refractivity contribution in [1.82, 2.24) is 0 Å². The van der Waals surface area contributed by atoms with Gasteiger partial charge in [0.15, 0.2) is 0 Å². The van der Waals surface area contributed by atoms with E-state index in [1.807, 2.05) is 42.5 Å². The first kappa shape index (κ1) is 15.9. The van der Waals surface area contributed by atoms with Gasteiger partial charge in [0.2, 0.25) is 0 Å². The third-order valence-electron chi connectivity index (χ3n) is 3.00. The Morgan fingerprint density at radius 3 is 2.48 bits per heavy atom. The normalized spacial score (nSPS) is 13.5. The summed E-state index contributed by atoms with van der Waals surface area (Å²) in [5.74, 6) is 1.21. The highest BCUT2D eigenvalue weighted by Crippen LogP contribution is 2.16. The van der Waals surface area contributed by atoms with Crippen LogP contribution in [-0.2, 0) is 22.0 Å². The average molecular weight is 324 g/mol. The van der Waals surface area contributed by atoms with Crippen molar-refractivity contribution in [1.29, 1.82) is 0 Å². The van der Waals surface area contributed by atoms with Gasteiger partial charge in [0.1, 0.15) is 5.75 Å². The highest BCUT2D eigenvalue weighted by molar-refractivity contribution is 7.92. The molecule has 0 fully saturated rings. The molecule has 0 saturated heterocycles. The van der Waals surface area contributed by atoms with Crippen molar-refractivity contribution in [3.8, 4) is 5.75 Å². The third-order valence-corrected chi connectivity index (χ3v) is 4.78. The largest absolute Gasteiger partial charge is 0.497 e. The van der Waals surface area contributed by atoms with E-state index in [1.165, 1.54) is 0 Å². The standard InChI is InChI=1S/C16H18ClNO2S/c1-20-16-8-6-13(7-9-16)11-18-21(2,19)12-14-4-3-5-15(17)10-14/h3-10H,11-12H2,1-2H3. The maximum absolute atomic E-state index is 12.5. The fourth-order valence-electron chi connectivity index (χ4n) is 1.92. The number of rotatable bonds is 5. The Labute approximate surface area is 131 Å². The van der Waals surface area contributed by atoms with Crippen LogP contribution >= 0.6 is 11.6 Å². The van der Waals surface area contributed by atoms with E-state index in [0.29, 0.717) is 17.3 Å². The zero-order chi connectivity index (χ0) is 15.3. The molecule has 21 heavy (non-hydrogen) atoms. The molecule has 0 bridgehead atoms. The molecule has 0 aromatic heterocycles. The molecule has 0 radical (unpaired) electrons. The summed E-state index contributed by atoms with van der Waals surface area (Å²) in [6.45, 7) is 0.430. The van der Waals surface area contributed by atoms with E-state index in [0.717, 1.165) is 16.9 Å². The molecule has 0 heterocycles. The van der Waals surface area contributed by atoms with Gasteiger partial charge >= 0.3 is 0 Å². The molecule has 0 N–H and O–H groups in total. The summed E-state index contributed by atoms with van der Waals surface area (Å²) in [7, 11) is -0.652. The van der Waals surface area contributed by atoms with Crippen molar-refractivity contribution in [2.45, 2.75) is 12.3 Å². The van der Waals surface area contributed by atoms with E-state index in [2.05, 4.69) is 4.36 Å². The van der Waals surface area contributed by atoms with E-state index >= 15 is 0 Å². The van der Waals surface area contributed by atoms with Gasteiger partial charge in [0, 0.05) is 21.0 Å². The highest BCUT2D eigenvalue weighted by atomic mass is 35.5. The van der Waals surface area contributed by atoms with Crippen LogP contribution < -0.4 is 4.74 Å². The molecule has 2 aromatic rings. The molecule has 2 rings (SSSR count). The number of ether oxygens (including phenoxy) is 1.